The van der Waals surface area contributed by atoms with Crippen LogP contribution in [0, 0.1) is 0 Å². The summed E-state index contributed by atoms with van der Waals surface area (Å²) in [5.41, 5.74) is 0.772. The van der Waals surface area contributed by atoms with Crippen LogP contribution < -0.4 is 16.0 Å². The van der Waals surface area contributed by atoms with Gasteiger partial charge in [0.15, 0.2) is 6.10 Å². The van der Waals surface area contributed by atoms with Crippen LogP contribution in [0.5, 0.6) is 0 Å². The number of anilines is 1. The standard InChI is InChI=1S/C20H25N3O5S/c1-12(18(25)23-20(27)21-14-5-3-2-4-6-14)28-19(26)13-7-8-16-15(11-13)22-17(24)9-10-29-16/h7-8,11-12,14H,2-6,9-10H2,1H3,(H,22,24)(H2,21,23,25,27)/t12-/m1/s1. The lowest BCUT2D eigenvalue weighted by molar-refractivity contribution is -0.128. The predicted molar refractivity (Wildman–Crippen MR) is 109 cm³/mol. The molecule has 3 rings (SSSR count). The maximum atomic E-state index is 12.4. The van der Waals surface area contributed by atoms with Gasteiger partial charge in [-0.25, -0.2) is 9.59 Å². The first-order valence-corrected chi connectivity index (χ1v) is 10.8. The number of esters is 1. The SMILES string of the molecule is C[C@@H](OC(=O)c1ccc2c(c1)NC(=O)CCS2)C(=O)NC(=O)NC1CCCCC1. The summed E-state index contributed by atoms with van der Waals surface area (Å²) in [6, 6.07) is 4.36. The third kappa shape index (κ3) is 5.96. The normalized spacial score (nSPS) is 17.9. The average Bonchev–Trinajstić information content (AvgIpc) is 2.88. The van der Waals surface area contributed by atoms with Crippen LogP contribution in [-0.2, 0) is 14.3 Å². The third-order valence-corrected chi connectivity index (χ3v) is 5.98. The van der Waals surface area contributed by atoms with Gasteiger partial charge in [0, 0.05) is 23.1 Å². The van der Waals surface area contributed by atoms with Crippen molar-refractivity contribution >= 4 is 41.3 Å². The lowest BCUT2D eigenvalue weighted by Crippen LogP contribution is -2.48. The minimum Gasteiger partial charge on any atom is -0.449 e. The number of carbonyl (C=O) groups is 4. The van der Waals surface area contributed by atoms with Gasteiger partial charge in [-0.1, -0.05) is 19.3 Å². The Bertz CT molecular complexity index is 807. The molecule has 29 heavy (non-hydrogen) atoms. The maximum absolute atomic E-state index is 12.4. The Morgan fingerprint density at radius 1 is 1.21 bits per heavy atom. The second-order valence-corrected chi connectivity index (χ2v) is 8.34. The number of amides is 4. The number of fused-ring (bicyclic) bond motifs is 1. The number of ether oxygens (including phenoxy) is 1. The number of benzene rings is 1. The zero-order valence-electron chi connectivity index (χ0n) is 16.3. The molecule has 1 aliphatic carbocycles. The van der Waals surface area contributed by atoms with Gasteiger partial charge < -0.3 is 15.4 Å². The Hall–Kier alpha value is -2.55. The summed E-state index contributed by atoms with van der Waals surface area (Å²) >= 11 is 1.53. The zero-order chi connectivity index (χ0) is 20.8. The van der Waals surface area contributed by atoms with Crippen LogP contribution in [0.4, 0.5) is 10.5 Å². The molecule has 9 heteroatoms. The highest BCUT2D eigenvalue weighted by atomic mass is 32.2. The van der Waals surface area contributed by atoms with E-state index in [2.05, 4.69) is 16.0 Å². The van der Waals surface area contributed by atoms with E-state index in [4.69, 9.17) is 4.74 Å². The Kier molecular flexibility index (Phi) is 7.13. The lowest BCUT2D eigenvalue weighted by atomic mass is 9.96. The molecule has 0 aromatic heterocycles. The number of hydrogen-bond acceptors (Lipinski definition) is 6. The molecule has 0 bridgehead atoms. The monoisotopic (exact) mass is 419 g/mol. The summed E-state index contributed by atoms with van der Waals surface area (Å²) < 4.78 is 5.19. The number of carbonyl (C=O) groups excluding carboxylic acids is 4. The molecule has 1 aromatic carbocycles. The average molecular weight is 420 g/mol. The molecular formula is C20H25N3O5S. The van der Waals surface area contributed by atoms with Crippen LogP contribution in [-0.4, -0.2) is 41.7 Å². The van der Waals surface area contributed by atoms with Crippen LogP contribution in [0.3, 0.4) is 0 Å². The molecule has 1 saturated carbocycles. The molecule has 4 amide bonds. The molecule has 1 atom stereocenters. The topological polar surface area (TPSA) is 114 Å². The van der Waals surface area contributed by atoms with Crippen LogP contribution in [0.15, 0.2) is 23.1 Å². The minimum absolute atomic E-state index is 0.0714. The van der Waals surface area contributed by atoms with Crippen molar-refractivity contribution in [3.05, 3.63) is 23.8 Å². The predicted octanol–water partition coefficient (Wildman–Crippen LogP) is 2.82. The van der Waals surface area contributed by atoms with E-state index in [1.54, 1.807) is 12.1 Å². The Labute approximate surface area is 173 Å². The van der Waals surface area contributed by atoms with Crippen molar-refractivity contribution in [3.63, 3.8) is 0 Å². The van der Waals surface area contributed by atoms with Gasteiger partial charge in [-0.15, -0.1) is 11.8 Å². The minimum atomic E-state index is -1.14. The van der Waals surface area contributed by atoms with Crippen molar-refractivity contribution < 1.29 is 23.9 Å². The summed E-state index contributed by atoms with van der Waals surface area (Å²) in [5.74, 6) is -0.835. The van der Waals surface area contributed by atoms with Crippen molar-refractivity contribution in [3.8, 4) is 0 Å². The van der Waals surface area contributed by atoms with E-state index in [0.717, 1.165) is 37.0 Å². The van der Waals surface area contributed by atoms with Gasteiger partial charge in [0.1, 0.15) is 0 Å². The highest BCUT2D eigenvalue weighted by Gasteiger charge is 2.23. The van der Waals surface area contributed by atoms with E-state index in [1.165, 1.54) is 24.8 Å². The van der Waals surface area contributed by atoms with Gasteiger partial charge >= 0.3 is 12.0 Å². The van der Waals surface area contributed by atoms with E-state index in [9.17, 15) is 19.2 Å². The van der Waals surface area contributed by atoms with Crippen LogP contribution in [0.2, 0.25) is 0 Å². The second kappa shape index (κ2) is 9.78. The van der Waals surface area contributed by atoms with Crippen LogP contribution in [0.25, 0.3) is 0 Å². The Morgan fingerprint density at radius 3 is 2.72 bits per heavy atom. The summed E-state index contributed by atoms with van der Waals surface area (Å²) in [4.78, 5) is 49.1. The summed E-state index contributed by atoms with van der Waals surface area (Å²) in [5, 5.41) is 7.76. The van der Waals surface area contributed by atoms with E-state index in [1.807, 2.05) is 0 Å². The van der Waals surface area contributed by atoms with Crippen molar-refractivity contribution in [1.29, 1.82) is 0 Å². The first-order chi connectivity index (χ1) is 13.9. The van der Waals surface area contributed by atoms with Crippen LogP contribution in [0.1, 0.15) is 55.8 Å². The molecule has 1 aliphatic heterocycles. The zero-order valence-corrected chi connectivity index (χ0v) is 17.1. The molecule has 1 fully saturated rings. The van der Waals surface area contributed by atoms with E-state index < -0.39 is 24.0 Å². The maximum Gasteiger partial charge on any atom is 0.338 e. The number of thioether (sulfide) groups is 1. The number of nitrogens with one attached hydrogen (secondary N) is 3. The highest BCUT2D eigenvalue weighted by molar-refractivity contribution is 7.99. The van der Waals surface area contributed by atoms with Crippen molar-refractivity contribution in [2.45, 2.75) is 62.5 Å². The van der Waals surface area contributed by atoms with Crippen molar-refractivity contribution in [1.82, 2.24) is 10.6 Å². The summed E-state index contributed by atoms with van der Waals surface area (Å²) in [6.07, 6.45) is 4.36. The summed E-state index contributed by atoms with van der Waals surface area (Å²) in [6.45, 7) is 1.40. The number of rotatable bonds is 4. The molecule has 156 valence electrons. The van der Waals surface area contributed by atoms with Crippen LogP contribution >= 0.6 is 11.8 Å². The van der Waals surface area contributed by atoms with E-state index in [0.29, 0.717) is 17.9 Å². The van der Waals surface area contributed by atoms with E-state index >= 15 is 0 Å². The van der Waals surface area contributed by atoms with Gasteiger partial charge in [-0.3, -0.25) is 14.9 Å². The van der Waals surface area contributed by atoms with E-state index in [-0.39, 0.29) is 17.5 Å². The molecular weight excluding hydrogens is 394 g/mol. The molecule has 1 heterocycles. The van der Waals surface area contributed by atoms with Gasteiger partial charge in [0.25, 0.3) is 5.91 Å². The summed E-state index contributed by atoms with van der Waals surface area (Å²) in [7, 11) is 0. The van der Waals surface area contributed by atoms with Gasteiger partial charge in [-0.2, -0.15) is 0 Å². The highest BCUT2D eigenvalue weighted by Crippen LogP contribution is 2.31. The van der Waals surface area contributed by atoms with Gasteiger partial charge in [0.2, 0.25) is 5.91 Å². The molecule has 0 radical (unpaired) electrons. The first-order valence-electron chi connectivity index (χ1n) is 9.81. The molecule has 0 spiro atoms. The van der Waals surface area contributed by atoms with Crippen molar-refractivity contribution in [2.75, 3.05) is 11.1 Å². The fraction of sp³-hybridized carbons (Fsp3) is 0.500. The molecule has 8 nitrogen and oxygen atoms in total. The fourth-order valence-corrected chi connectivity index (χ4v) is 4.25. The smallest absolute Gasteiger partial charge is 0.338 e. The molecule has 3 N–H and O–H groups in total. The quantitative estimate of drug-likeness (QED) is 0.647. The molecule has 0 unspecified atom stereocenters. The number of urea groups is 1. The molecule has 0 saturated heterocycles. The Morgan fingerprint density at radius 2 is 1.97 bits per heavy atom. The third-order valence-electron chi connectivity index (χ3n) is 4.91. The molecule has 2 aliphatic rings. The van der Waals surface area contributed by atoms with Gasteiger partial charge in [0.05, 0.1) is 11.3 Å². The lowest BCUT2D eigenvalue weighted by Gasteiger charge is -2.23. The Balaban J connectivity index is 1.53. The number of imide groups is 1. The fourth-order valence-electron chi connectivity index (χ4n) is 3.31. The number of hydrogen-bond donors (Lipinski definition) is 3. The first kappa shape index (κ1) is 21.2. The van der Waals surface area contributed by atoms with Gasteiger partial charge in [-0.05, 0) is 38.0 Å². The molecule has 1 aromatic rings. The van der Waals surface area contributed by atoms with Crippen molar-refractivity contribution in [2.24, 2.45) is 0 Å². The largest absolute Gasteiger partial charge is 0.449 e. The second-order valence-electron chi connectivity index (χ2n) is 7.20.